The SMILES string of the molecule is CC(=O)c1cccc(NC(=O)c2cnc3c(c2)c(=O)[nH]c(=O)n3C2CC2)c1. The molecule has 0 aliphatic heterocycles. The number of amides is 1. The molecule has 1 aliphatic rings. The number of hydrogen-bond acceptors (Lipinski definition) is 5. The number of aromatic amines is 1. The second-order valence-electron chi connectivity index (χ2n) is 6.55. The predicted molar refractivity (Wildman–Crippen MR) is 99.3 cm³/mol. The van der Waals surface area contributed by atoms with E-state index in [1.807, 2.05) is 0 Å². The molecule has 1 fully saturated rings. The fourth-order valence-electron chi connectivity index (χ4n) is 2.95. The molecule has 8 heteroatoms. The molecule has 3 aromatic rings. The van der Waals surface area contributed by atoms with E-state index in [-0.39, 0.29) is 28.4 Å². The fraction of sp³-hybridized carbons (Fsp3) is 0.211. The number of nitrogens with zero attached hydrogens (tertiary/aromatic N) is 2. The topological polar surface area (TPSA) is 114 Å². The average molecular weight is 364 g/mol. The van der Waals surface area contributed by atoms with Gasteiger partial charge in [0, 0.05) is 23.5 Å². The summed E-state index contributed by atoms with van der Waals surface area (Å²) in [6, 6.07) is 8.03. The van der Waals surface area contributed by atoms with Gasteiger partial charge in [-0.3, -0.25) is 23.9 Å². The van der Waals surface area contributed by atoms with Crippen molar-refractivity contribution in [3.63, 3.8) is 0 Å². The van der Waals surface area contributed by atoms with Crippen LogP contribution in [0, 0.1) is 0 Å². The van der Waals surface area contributed by atoms with Gasteiger partial charge in [-0.25, -0.2) is 9.78 Å². The molecule has 1 aromatic carbocycles. The quantitative estimate of drug-likeness (QED) is 0.686. The molecule has 0 unspecified atom stereocenters. The van der Waals surface area contributed by atoms with Crippen molar-refractivity contribution in [3.05, 3.63) is 68.5 Å². The van der Waals surface area contributed by atoms with Gasteiger partial charge in [-0.05, 0) is 38.0 Å². The van der Waals surface area contributed by atoms with E-state index in [0.29, 0.717) is 11.3 Å². The van der Waals surface area contributed by atoms with Crippen LogP contribution in [0.5, 0.6) is 0 Å². The average Bonchev–Trinajstić information content (AvgIpc) is 3.46. The van der Waals surface area contributed by atoms with Crippen molar-refractivity contribution >= 4 is 28.4 Å². The highest BCUT2D eigenvalue weighted by molar-refractivity contribution is 6.06. The van der Waals surface area contributed by atoms with Crippen molar-refractivity contribution < 1.29 is 9.59 Å². The lowest BCUT2D eigenvalue weighted by atomic mass is 10.1. The molecule has 27 heavy (non-hydrogen) atoms. The summed E-state index contributed by atoms with van der Waals surface area (Å²) in [5.74, 6) is -0.572. The number of fused-ring (bicyclic) bond motifs is 1. The van der Waals surface area contributed by atoms with Crippen LogP contribution in [0.15, 0.2) is 46.1 Å². The second kappa shape index (κ2) is 6.31. The van der Waals surface area contributed by atoms with Crippen LogP contribution in [0.25, 0.3) is 11.0 Å². The summed E-state index contributed by atoms with van der Waals surface area (Å²) in [6.45, 7) is 1.44. The normalized spacial score (nSPS) is 13.5. The largest absolute Gasteiger partial charge is 0.330 e. The van der Waals surface area contributed by atoms with Crippen molar-refractivity contribution in [2.24, 2.45) is 0 Å². The highest BCUT2D eigenvalue weighted by atomic mass is 16.2. The molecule has 0 saturated heterocycles. The molecule has 4 rings (SSSR count). The minimum absolute atomic E-state index is 0.0401. The molecule has 2 heterocycles. The van der Waals surface area contributed by atoms with Crippen LogP contribution in [0.1, 0.15) is 46.5 Å². The summed E-state index contributed by atoms with van der Waals surface area (Å²) in [5, 5.41) is 2.87. The Balaban J connectivity index is 1.71. The number of nitrogens with one attached hydrogen (secondary N) is 2. The zero-order valence-electron chi connectivity index (χ0n) is 14.5. The van der Waals surface area contributed by atoms with Crippen LogP contribution in [0.2, 0.25) is 0 Å². The summed E-state index contributed by atoms with van der Waals surface area (Å²) in [4.78, 5) is 54.7. The number of Topliss-reactive ketones (excluding diaryl/α,β-unsaturated/α-hetero) is 1. The Morgan fingerprint density at radius 3 is 2.67 bits per heavy atom. The molecular formula is C19H16N4O4. The van der Waals surface area contributed by atoms with Crippen molar-refractivity contribution in [1.82, 2.24) is 14.5 Å². The van der Waals surface area contributed by atoms with Crippen molar-refractivity contribution in [2.75, 3.05) is 5.32 Å². The van der Waals surface area contributed by atoms with E-state index in [1.165, 1.54) is 23.8 Å². The highest BCUT2D eigenvalue weighted by Crippen LogP contribution is 2.34. The van der Waals surface area contributed by atoms with E-state index in [9.17, 15) is 19.2 Å². The van der Waals surface area contributed by atoms with Gasteiger partial charge in [-0.15, -0.1) is 0 Å². The Labute approximate surface area is 152 Å². The lowest BCUT2D eigenvalue weighted by Gasteiger charge is -2.09. The number of pyridine rings is 1. The lowest BCUT2D eigenvalue weighted by molar-refractivity contribution is 0.101. The molecule has 2 aromatic heterocycles. The maximum atomic E-state index is 12.5. The minimum atomic E-state index is -0.576. The van der Waals surface area contributed by atoms with E-state index in [1.54, 1.807) is 24.3 Å². The van der Waals surface area contributed by atoms with E-state index < -0.39 is 17.2 Å². The molecule has 0 radical (unpaired) electrons. The fourth-order valence-corrected chi connectivity index (χ4v) is 2.95. The third kappa shape index (κ3) is 3.17. The first kappa shape index (κ1) is 16.9. The smallest absolute Gasteiger partial charge is 0.322 e. The van der Waals surface area contributed by atoms with Gasteiger partial charge in [0.15, 0.2) is 5.78 Å². The van der Waals surface area contributed by atoms with Gasteiger partial charge in [0.05, 0.1) is 10.9 Å². The van der Waals surface area contributed by atoms with Crippen molar-refractivity contribution in [3.8, 4) is 0 Å². The molecule has 1 amide bonds. The molecular weight excluding hydrogens is 348 g/mol. The van der Waals surface area contributed by atoms with Crippen LogP contribution in [-0.4, -0.2) is 26.2 Å². The van der Waals surface area contributed by atoms with E-state index in [2.05, 4.69) is 15.3 Å². The Hall–Kier alpha value is -3.55. The zero-order chi connectivity index (χ0) is 19.1. The number of rotatable bonds is 4. The van der Waals surface area contributed by atoms with Gasteiger partial charge < -0.3 is 5.32 Å². The number of carbonyl (C=O) groups is 2. The monoisotopic (exact) mass is 364 g/mol. The van der Waals surface area contributed by atoms with Crippen LogP contribution < -0.4 is 16.6 Å². The van der Waals surface area contributed by atoms with Gasteiger partial charge in [-0.2, -0.15) is 0 Å². The number of aromatic nitrogens is 3. The molecule has 2 N–H and O–H groups in total. The Morgan fingerprint density at radius 2 is 1.96 bits per heavy atom. The van der Waals surface area contributed by atoms with Crippen LogP contribution in [0.3, 0.4) is 0 Å². The standard InChI is InChI=1S/C19H16N4O4/c1-10(24)11-3-2-4-13(7-11)21-17(25)12-8-15-16(20-9-12)23(14-5-6-14)19(27)22-18(15)26/h2-4,7-9,14H,5-6H2,1H3,(H,21,25)(H,22,26,27). The molecule has 0 spiro atoms. The molecule has 0 bridgehead atoms. The first-order valence-electron chi connectivity index (χ1n) is 8.51. The summed E-state index contributed by atoms with van der Waals surface area (Å²) in [5.41, 5.74) is 0.343. The highest BCUT2D eigenvalue weighted by Gasteiger charge is 2.27. The summed E-state index contributed by atoms with van der Waals surface area (Å²) >= 11 is 0. The Kier molecular flexibility index (Phi) is 3.95. The minimum Gasteiger partial charge on any atom is -0.322 e. The number of anilines is 1. The second-order valence-corrected chi connectivity index (χ2v) is 6.55. The summed E-state index contributed by atoms with van der Waals surface area (Å²) in [6.07, 6.45) is 3.05. The van der Waals surface area contributed by atoms with Gasteiger partial charge in [-0.1, -0.05) is 12.1 Å². The molecule has 1 aliphatic carbocycles. The van der Waals surface area contributed by atoms with Crippen molar-refractivity contribution in [1.29, 1.82) is 0 Å². The van der Waals surface area contributed by atoms with E-state index in [4.69, 9.17) is 0 Å². The van der Waals surface area contributed by atoms with Gasteiger partial charge >= 0.3 is 5.69 Å². The number of benzene rings is 1. The van der Waals surface area contributed by atoms with Gasteiger partial charge in [0.25, 0.3) is 11.5 Å². The molecule has 136 valence electrons. The molecule has 8 nitrogen and oxygen atoms in total. The Bertz CT molecular complexity index is 1200. The predicted octanol–water partition coefficient (Wildman–Crippen LogP) is 1.87. The Morgan fingerprint density at radius 1 is 1.19 bits per heavy atom. The van der Waals surface area contributed by atoms with Crippen LogP contribution >= 0.6 is 0 Å². The number of carbonyl (C=O) groups excluding carboxylic acids is 2. The summed E-state index contributed by atoms with van der Waals surface area (Å²) in [7, 11) is 0. The van der Waals surface area contributed by atoms with Gasteiger partial charge in [0.2, 0.25) is 0 Å². The first-order chi connectivity index (χ1) is 12.9. The van der Waals surface area contributed by atoms with Gasteiger partial charge in [0.1, 0.15) is 5.65 Å². The van der Waals surface area contributed by atoms with Crippen LogP contribution in [-0.2, 0) is 0 Å². The number of ketones is 1. The maximum Gasteiger partial charge on any atom is 0.330 e. The third-order valence-electron chi connectivity index (χ3n) is 4.48. The number of hydrogen-bond donors (Lipinski definition) is 2. The van der Waals surface area contributed by atoms with Crippen molar-refractivity contribution in [2.45, 2.75) is 25.8 Å². The van der Waals surface area contributed by atoms with E-state index >= 15 is 0 Å². The third-order valence-corrected chi connectivity index (χ3v) is 4.48. The first-order valence-corrected chi connectivity index (χ1v) is 8.51. The summed E-state index contributed by atoms with van der Waals surface area (Å²) < 4.78 is 1.47. The number of H-pyrrole nitrogens is 1. The van der Waals surface area contributed by atoms with Crippen LogP contribution in [0.4, 0.5) is 5.69 Å². The van der Waals surface area contributed by atoms with E-state index in [0.717, 1.165) is 12.8 Å². The molecule has 1 saturated carbocycles. The maximum absolute atomic E-state index is 12.5. The molecule has 0 atom stereocenters. The lowest BCUT2D eigenvalue weighted by Crippen LogP contribution is -2.30. The zero-order valence-corrected chi connectivity index (χ0v) is 14.5.